The normalized spacial score (nSPS) is 10.5. The topological polar surface area (TPSA) is 83.1 Å². The largest absolute Gasteiger partial charge is 0.494 e. The Morgan fingerprint density at radius 3 is 2.46 bits per heavy atom. The Hall–Kier alpha value is -3.43. The van der Waals surface area contributed by atoms with Gasteiger partial charge in [0.05, 0.1) is 17.1 Å². The van der Waals surface area contributed by atoms with Crippen molar-refractivity contribution in [2.45, 2.75) is 13.5 Å². The summed E-state index contributed by atoms with van der Waals surface area (Å²) in [7, 11) is 0. The lowest BCUT2D eigenvalue weighted by atomic mass is 9.97. The van der Waals surface area contributed by atoms with Crippen molar-refractivity contribution in [2.24, 2.45) is 0 Å². The van der Waals surface area contributed by atoms with E-state index >= 15 is 0 Å². The lowest BCUT2D eigenvalue weighted by Crippen LogP contribution is -2.27. The molecule has 0 saturated carbocycles. The van der Waals surface area contributed by atoms with E-state index < -0.39 is 23.0 Å². The number of carbonyl (C=O) groups is 1. The van der Waals surface area contributed by atoms with Crippen molar-refractivity contribution < 1.29 is 14.3 Å². The first-order chi connectivity index (χ1) is 13.3. The molecule has 5 nitrogen and oxygen atoms in total. The van der Waals surface area contributed by atoms with Crippen LogP contribution in [0.15, 0.2) is 53.3 Å². The molecule has 0 saturated heterocycles. The van der Waals surface area contributed by atoms with Crippen LogP contribution >= 0.6 is 11.6 Å². The molecule has 1 heterocycles. The van der Waals surface area contributed by atoms with Gasteiger partial charge in [-0.05, 0) is 42.3 Å². The lowest BCUT2D eigenvalue weighted by Gasteiger charge is -2.16. The number of hydrogen-bond donors (Lipinski definition) is 1. The fourth-order valence-electron chi connectivity index (χ4n) is 2.92. The Balaban J connectivity index is 2.22. The maximum Gasteiger partial charge on any atom is 0.271 e. The summed E-state index contributed by atoms with van der Waals surface area (Å²) in [5.74, 6) is -1.63. The van der Waals surface area contributed by atoms with Gasteiger partial charge in [0.15, 0.2) is 5.78 Å². The Labute approximate surface area is 164 Å². The number of aromatic hydroxyl groups is 1. The van der Waals surface area contributed by atoms with Crippen molar-refractivity contribution in [3.8, 4) is 11.9 Å². The van der Waals surface area contributed by atoms with Gasteiger partial charge in [0.25, 0.3) is 5.56 Å². The maximum absolute atomic E-state index is 13.1. The number of carbonyl (C=O) groups excluding carboxylic acids is 1. The molecule has 0 atom stereocenters. The molecule has 3 rings (SSSR count). The molecular formula is C21H14ClFN2O3. The summed E-state index contributed by atoms with van der Waals surface area (Å²) in [5, 5.41) is 20.3. The highest BCUT2D eigenvalue weighted by Crippen LogP contribution is 2.28. The van der Waals surface area contributed by atoms with Crippen LogP contribution in [-0.2, 0) is 6.54 Å². The highest BCUT2D eigenvalue weighted by atomic mass is 35.5. The minimum atomic E-state index is -0.738. The van der Waals surface area contributed by atoms with E-state index in [0.717, 1.165) is 4.57 Å². The first-order valence-corrected chi connectivity index (χ1v) is 8.63. The highest BCUT2D eigenvalue weighted by Gasteiger charge is 2.26. The number of ketones is 1. The minimum Gasteiger partial charge on any atom is -0.494 e. The molecule has 28 heavy (non-hydrogen) atoms. The number of benzene rings is 2. The van der Waals surface area contributed by atoms with Crippen molar-refractivity contribution in [2.75, 3.05) is 0 Å². The molecule has 0 spiro atoms. The summed E-state index contributed by atoms with van der Waals surface area (Å²) in [6, 6.07) is 13.4. The first-order valence-electron chi connectivity index (χ1n) is 8.25. The van der Waals surface area contributed by atoms with Crippen molar-refractivity contribution in [3.05, 3.63) is 97.5 Å². The van der Waals surface area contributed by atoms with Crippen LogP contribution in [0.5, 0.6) is 5.88 Å². The molecule has 0 fully saturated rings. The average molecular weight is 397 g/mol. The van der Waals surface area contributed by atoms with Crippen molar-refractivity contribution in [1.82, 2.24) is 4.57 Å². The molecule has 0 aliphatic heterocycles. The van der Waals surface area contributed by atoms with Crippen LogP contribution in [0.1, 0.15) is 32.6 Å². The predicted octanol–water partition coefficient (Wildman–Crippen LogP) is 3.81. The van der Waals surface area contributed by atoms with Crippen LogP contribution in [-0.4, -0.2) is 15.5 Å². The number of rotatable bonds is 4. The monoisotopic (exact) mass is 396 g/mol. The fraction of sp³-hybridized carbons (Fsp3) is 0.0952. The van der Waals surface area contributed by atoms with E-state index in [2.05, 4.69) is 0 Å². The SMILES string of the molecule is Cc1c(C(=O)c2ccccc2Cl)c(O)n(Cc2ccc(F)cc2)c(=O)c1C#N. The number of pyridine rings is 1. The molecule has 1 N–H and O–H groups in total. The number of nitriles is 1. The van der Waals surface area contributed by atoms with Gasteiger partial charge in [0.2, 0.25) is 5.88 Å². The summed E-state index contributed by atoms with van der Waals surface area (Å²) in [6.45, 7) is 1.29. The molecule has 0 amide bonds. The number of aromatic nitrogens is 1. The maximum atomic E-state index is 13.1. The second kappa shape index (κ2) is 7.67. The molecular weight excluding hydrogens is 383 g/mol. The van der Waals surface area contributed by atoms with Gasteiger partial charge in [-0.1, -0.05) is 35.9 Å². The molecule has 0 aliphatic carbocycles. The van der Waals surface area contributed by atoms with Crippen LogP contribution in [0.4, 0.5) is 4.39 Å². The molecule has 3 aromatic rings. The van der Waals surface area contributed by atoms with Gasteiger partial charge in [0, 0.05) is 5.56 Å². The molecule has 1 aromatic heterocycles. The molecule has 2 aromatic carbocycles. The van der Waals surface area contributed by atoms with E-state index in [1.807, 2.05) is 0 Å². The average Bonchev–Trinajstić information content (AvgIpc) is 2.67. The highest BCUT2D eigenvalue weighted by molar-refractivity contribution is 6.35. The summed E-state index contributed by atoms with van der Waals surface area (Å²) in [6.07, 6.45) is 0. The minimum absolute atomic E-state index is 0.0743. The molecule has 7 heteroatoms. The molecule has 0 aliphatic rings. The van der Waals surface area contributed by atoms with E-state index in [0.29, 0.717) is 5.56 Å². The van der Waals surface area contributed by atoms with Gasteiger partial charge in [-0.25, -0.2) is 4.39 Å². The van der Waals surface area contributed by atoms with Gasteiger partial charge >= 0.3 is 0 Å². The molecule has 0 bridgehead atoms. The van der Waals surface area contributed by atoms with Crippen molar-refractivity contribution >= 4 is 17.4 Å². The van der Waals surface area contributed by atoms with Crippen LogP contribution in [0, 0.1) is 24.1 Å². The van der Waals surface area contributed by atoms with Gasteiger partial charge in [0.1, 0.15) is 17.4 Å². The van der Waals surface area contributed by atoms with E-state index in [9.17, 15) is 24.3 Å². The smallest absolute Gasteiger partial charge is 0.271 e. The van der Waals surface area contributed by atoms with E-state index in [1.54, 1.807) is 18.2 Å². The zero-order valence-electron chi connectivity index (χ0n) is 14.7. The third kappa shape index (κ3) is 3.40. The molecule has 140 valence electrons. The quantitative estimate of drug-likeness (QED) is 0.680. The molecule has 0 unspecified atom stereocenters. The standard InChI is InChI=1S/C21H14ClFN2O3/c1-12-16(10-24)20(27)25(11-13-6-8-14(23)9-7-13)21(28)18(12)19(26)15-4-2-3-5-17(15)22/h2-9,28H,11H2,1H3. The molecule has 0 radical (unpaired) electrons. The zero-order chi connectivity index (χ0) is 20.4. The third-order valence-electron chi connectivity index (χ3n) is 4.40. The van der Waals surface area contributed by atoms with Crippen LogP contribution in [0.3, 0.4) is 0 Å². The summed E-state index contributed by atoms with van der Waals surface area (Å²) < 4.78 is 14.1. The number of halogens is 2. The Morgan fingerprint density at radius 1 is 1.21 bits per heavy atom. The third-order valence-corrected chi connectivity index (χ3v) is 4.73. The van der Waals surface area contributed by atoms with Gasteiger partial charge in [-0.2, -0.15) is 5.26 Å². The fourth-order valence-corrected chi connectivity index (χ4v) is 3.14. The van der Waals surface area contributed by atoms with Gasteiger partial charge < -0.3 is 5.11 Å². The van der Waals surface area contributed by atoms with Crippen molar-refractivity contribution in [3.63, 3.8) is 0 Å². The summed E-state index contributed by atoms with van der Waals surface area (Å²) in [4.78, 5) is 25.7. The van der Waals surface area contributed by atoms with Crippen LogP contribution in [0.25, 0.3) is 0 Å². The lowest BCUT2D eigenvalue weighted by molar-refractivity contribution is 0.103. The van der Waals surface area contributed by atoms with E-state index in [4.69, 9.17) is 11.6 Å². The Morgan fingerprint density at radius 2 is 1.86 bits per heavy atom. The number of hydrogen-bond acceptors (Lipinski definition) is 4. The predicted molar refractivity (Wildman–Crippen MR) is 102 cm³/mol. The van der Waals surface area contributed by atoms with Crippen molar-refractivity contribution in [1.29, 1.82) is 5.26 Å². The van der Waals surface area contributed by atoms with Gasteiger partial charge in [-0.3, -0.25) is 14.2 Å². The summed E-state index contributed by atoms with van der Waals surface area (Å²) in [5.41, 5.74) is -0.439. The van der Waals surface area contributed by atoms with E-state index in [1.165, 1.54) is 43.3 Å². The van der Waals surface area contributed by atoms with E-state index in [-0.39, 0.29) is 33.8 Å². The van der Waals surface area contributed by atoms with Crippen LogP contribution in [0.2, 0.25) is 5.02 Å². The second-order valence-corrected chi connectivity index (χ2v) is 6.54. The zero-order valence-corrected chi connectivity index (χ0v) is 15.5. The number of nitrogens with zero attached hydrogens (tertiary/aromatic N) is 2. The first kappa shape index (κ1) is 19.3. The van der Waals surface area contributed by atoms with Gasteiger partial charge in [-0.15, -0.1) is 0 Å². The Kier molecular flexibility index (Phi) is 5.30. The second-order valence-electron chi connectivity index (χ2n) is 6.14. The van der Waals surface area contributed by atoms with Crippen LogP contribution < -0.4 is 5.56 Å². The Bertz CT molecular complexity index is 1180. The summed E-state index contributed by atoms with van der Waals surface area (Å²) >= 11 is 6.09.